The molecule has 1 fully saturated rings. The van der Waals surface area contributed by atoms with Crippen LogP contribution in [0.25, 0.3) is 0 Å². The number of rotatable bonds is 3. The van der Waals surface area contributed by atoms with E-state index in [9.17, 15) is 0 Å². The molecule has 0 bridgehead atoms. The second kappa shape index (κ2) is 6.59. The van der Waals surface area contributed by atoms with Gasteiger partial charge in [-0.05, 0) is 30.2 Å². The third-order valence-corrected chi connectivity index (χ3v) is 4.85. The van der Waals surface area contributed by atoms with Crippen molar-refractivity contribution in [2.75, 3.05) is 36.8 Å². The predicted molar refractivity (Wildman–Crippen MR) is 94.5 cm³/mol. The molecule has 1 saturated heterocycles. The third kappa shape index (κ3) is 3.21. The molecule has 1 aliphatic heterocycles. The van der Waals surface area contributed by atoms with E-state index in [-0.39, 0.29) is 0 Å². The molecule has 0 saturated carbocycles. The van der Waals surface area contributed by atoms with Crippen LogP contribution in [0.3, 0.4) is 0 Å². The van der Waals surface area contributed by atoms with Crippen LogP contribution in [0.4, 0.5) is 11.4 Å². The number of halogens is 1. The van der Waals surface area contributed by atoms with Gasteiger partial charge in [0.25, 0.3) is 0 Å². The molecule has 4 heteroatoms. The minimum atomic E-state index is 0.761. The minimum Gasteiger partial charge on any atom is -0.398 e. The Labute approximate surface area is 137 Å². The van der Waals surface area contributed by atoms with Crippen molar-refractivity contribution >= 4 is 23.0 Å². The number of hydrogen-bond donors (Lipinski definition) is 1. The van der Waals surface area contributed by atoms with Crippen LogP contribution >= 0.6 is 11.6 Å². The largest absolute Gasteiger partial charge is 0.398 e. The van der Waals surface area contributed by atoms with Crippen LogP contribution in [-0.2, 0) is 6.54 Å². The minimum absolute atomic E-state index is 0.761. The first-order chi connectivity index (χ1) is 10.6. The molecule has 0 atom stereocenters. The van der Waals surface area contributed by atoms with Gasteiger partial charge in [-0.3, -0.25) is 4.90 Å². The Morgan fingerprint density at radius 1 is 1.00 bits per heavy atom. The highest BCUT2D eigenvalue weighted by molar-refractivity contribution is 6.34. The second-order valence-corrected chi connectivity index (χ2v) is 6.24. The summed E-state index contributed by atoms with van der Waals surface area (Å²) in [4.78, 5) is 4.85. The molecule has 3 rings (SSSR count). The zero-order chi connectivity index (χ0) is 15.5. The molecule has 1 heterocycles. The lowest BCUT2D eigenvalue weighted by Crippen LogP contribution is -2.46. The molecule has 1 aliphatic rings. The van der Waals surface area contributed by atoms with E-state index in [2.05, 4.69) is 40.1 Å². The van der Waals surface area contributed by atoms with E-state index in [0.29, 0.717) is 0 Å². The lowest BCUT2D eigenvalue weighted by atomic mass is 10.1. The Morgan fingerprint density at radius 3 is 2.36 bits per heavy atom. The van der Waals surface area contributed by atoms with Gasteiger partial charge in [0.15, 0.2) is 0 Å². The number of nitrogens with two attached hydrogens (primary N) is 1. The maximum atomic E-state index is 6.46. The van der Waals surface area contributed by atoms with E-state index < -0.39 is 0 Å². The summed E-state index contributed by atoms with van der Waals surface area (Å²) in [6.45, 7) is 7.09. The number of hydrogen-bond acceptors (Lipinski definition) is 3. The highest BCUT2D eigenvalue weighted by Gasteiger charge is 2.20. The molecular formula is C18H22ClN3. The lowest BCUT2D eigenvalue weighted by molar-refractivity contribution is 0.250. The van der Waals surface area contributed by atoms with Crippen LogP contribution in [0.2, 0.25) is 5.02 Å². The average Bonchev–Trinajstić information content (AvgIpc) is 2.55. The Hall–Kier alpha value is -1.71. The van der Waals surface area contributed by atoms with Gasteiger partial charge in [0.1, 0.15) is 0 Å². The summed E-state index contributed by atoms with van der Waals surface area (Å²) in [5.41, 5.74) is 10.1. The molecule has 3 nitrogen and oxygen atoms in total. The summed E-state index contributed by atoms with van der Waals surface area (Å²) in [6.07, 6.45) is 0. The Morgan fingerprint density at radius 2 is 1.68 bits per heavy atom. The van der Waals surface area contributed by atoms with Gasteiger partial charge in [-0.25, -0.2) is 0 Å². The number of nitrogens with zero attached hydrogens (tertiary/aromatic N) is 2. The van der Waals surface area contributed by atoms with Gasteiger partial charge in [-0.1, -0.05) is 41.9 Å². The van der Waals surface area contributed by atoms with Crippen molar-refractivity contribution in [2.45, 2.75) is 13.5 Å². The van der Waals surface area contributed by atoms with Crippen LogP contribution in [0, 0.1) is 6.92 Å². The molecule has 0 unspecified atom stereocenters. The molecule has 2 aromatic rings. The van der Waals surface area contributed by atoms with Crippen molar-refractivity contribution in [3.05, 3.63) is 58.6 Å². The van der Waals surface area contributed by atoms with Crippen molar-refractivity contribution in [1.29, 1.82) is 0 Å². The van der Waals surface area contributed by atoms with E-state index in [1.165, 1.54) is 5.56 Å². The van der Waals surface area contributed by atoms with Crippen molar-refractivity contribution in [2.24, 2.45) is 0 Å². The average molecular weight is 316 g/mol. The molecule has 22 heavy (non-hydrogen) atoms. The molecule has 0 amide bonds. The van der Waals surface area contributed by atoms with E-state index in [1.54, 1.807) is 0 Å². The summed E-state index contributed by atoms with van der Waals surface area (Å²) in [5.74, 6) is 0. The monoisotopic (exact) mass is 315 g/mol. The standard InChI is InChI=1S/C18H22ClN3/c1-14-16(20)7-8-17(18(14)19)22-11-9-21(10-12-22)13-15-5-3-2-4-6-15/h2-8H,9-13,20H2,1H3. The second-order valence-electron chi connectivity index (χ2n) is 5.86. The van der Waals surface area contributed by atoms with Crippen LogP contribution in [0.1, 0.15) is 11.1 Å². The third-order valence-electron chi connectivity index (χ3n) is 4.37. The van der Waals surface area contributed by atoms with E-state index >= 15 is 0 Å². The molecule has 2 aromatic carbocycles. The van der Waals surface area contributed by atoms with E-state index in [0.717, 1.165) is 54.7 Å². The smallest absolute Gasteiger partial charge is 0.0689 e. The van der Waals surface area contributed by atoms with Gasteiger partial charge < -0.3 is 10.6 Å². The fourth-order valence-electron chi connectivity index (χ4n) is 2.92. The number of nitrogen functional groups attached to an aromatic ring is 1. The summed E-state index contributed by atoms with van der Waals surface area (Å²) in [7, 11) is 0. The van der Waals surface area contributed by atoms with Crippen LogP contribution in [0.15, 0.2) is 42.5 Å². The predicted octanol–water partition coefficient (Wildman–Crippen LogP) is 3.55. The summed E-state index contributed by atoms with van der Waals surface area (Å²) in [5, 5.41) is 0.788. The summed E-state index contributed by atoms with van der Waals surface area (Å²) in [6, 6.07) is 14.6. The summed E-state index contributed by atoms with van der Waals surface area (Å²) < 4.78 is 0. The van der Waals surface area contributed by atoms with Gasteiger partial charge >= 0.3 is 0 Å². The van der Waals surface area contributed by atoms with E-state index in [4.69, 9.17) is 17.3 Å². The quantitative estimate of drug-likeness (QED) is 0.879. The Kier molecular flexibility index (Phi) is 4.55. The van der Waals surface area contributed by atoms with Crippen LogP contribution in [0.5, 0.6) is 0 Å². The van der Waals surface area contributed by atoms with Gasteiger partial charge in [-0.15, -0.1) is 0 Å². The number of anilines is 2. The Bertz CT molecular complexity index is 634. The fourth-order valence-corrected chi connectivity index (χ4v) is 3.21. The first-order valence-electron chi connectivity index (χ1n) is 7.71. The maximum Gasteiger partial charge on any atom is 0.0689 e. The molecule has 0 spiro atoms. The first-order valence-corrected chi connectivity index (χ1v) is 8.09. The lowest BCUT2D eigenvalue weighted by Gasteiger charge is -2.36. The van der Waals surface area contributed by atoms with Gasteiger partial charge in [0.2, 0.25) is 0 Å². The Balaban J connectivity index is 1.63. The molecule has 0 aromatic heterocycles. The topological polar surface area (TPSA) is 32.5 Å². The summed E-state index contributed by atoms with van der Waals surface area (Å²) >= 11 is 6.46. The van der Waals surface area contributed by atoms with Gasteiger partial charge in [0.05, 0.1) is 10.7 Å². The van der Waals surface area contributed by atoms with Crippen molar-refractivity contribution in [3.8, 4) is 0 Å². The zero-order valence-corrected chi connectivity index (χ0v) is 13.7. The van der Waals surface area contributed by atoms with Gasteiger partial charge in [0, 0.05) is 38.4 Å². The van der Waals surface area contributed by atoms with Crippen molar-refractivity contribution in [3.63, 3.8) is 0 Å². The van der Waals surface area contributed by atoms with Gasteiger partial charge in [-0.2, -0.15) is 0 Å². The molecular weight excluding hydrogens is 294 g/mol. The molecule has 0 radical (unpaired) electrons. The van der Waals surface area contributed by atoms with E-state index in [1.807, 2.05) is 19.1 Å². The van der Waals surface area contributed by atoms with Crippen LogP contribution < -0.4 is 10.6 Å². The number of piperazine rings is 1. The van der Waals surface area contributed by atoms with Crippen molar-refractivity contribution in [1.82, 2.24) is 4.90 Å². The zero-order valence-electron chi connectivity index (χ0n) is 12.9. The molecule has 2 N–H and O–H groups in total. The highest BCUT2D eigenvalue weighted by Crippen LogP contribution is 2.32. The van der Waals surface area contributed by atoms with Crippen molar-refractivity contribution < 1.29 is 0 Å². The fraction of sp³-hybridized carbons (Fsp3) is 0.333. The molecule has 116 valence electrons. The molecule has 0 aliphatic carbocycles. The SMILES string of the molecule is Cc1c(N)ccc(N2CCN(Cc3ccccc3)CC2)c1Cl. The normalized spacial score (nSPS) is 16.0. The van der Waals surface area contributed by atoms with Crippen LogP contribution in [-0.4, -0.2) is 31.1 Å². The highest BCUT2D eigenvalue weighted by atomic mass is 35.5. The first kappa shape index (κ1) is 15.2. The maximum absolute atomic E-state index is 6.46. The number of benzene rings is 2.